The summed E-state index contributed by atoms with van der Waals surface area (Å²) >= 11 is 5.32. The minimum atomic E-state index is -0.945. The predicted molar refractivity (Wildman–Crippen MR) is 60.1 cm³/mol. The molecule has 0 aliphatic carbocycles. The number of nitro benzene ring substituents is 1. The Morgan fingerprint density at radius 2 is 2.29 bits per heavy atom. The van der Waals surface area contributed by atoms with Gasteiger partial charge in [-0.2, -0.15) is 0 Å². The maximum absolute atomic E-state index is 11.4. The molecule has 6 nitrogen and oxygen atoms in total. The number of benzene rings is 1. The molecule has 17 heavy (non-hydrogen) atoms. The topological polar surface area (TPSA) is 89.7 Å². The Kier molecular flexibility index (Phi) is 4.86. The van der Waals surface area contributed by atoms with Gasteiger partial charge in [-0.05, 0) is 6.07 Å². The molecule has 0 radical (unpaired) electrons. The lowest BCUT2D eigenvalue weighted by molar-refractivity contribution is -0.384. The van der Waals surface area contributed by atoms with Crippen LogP contribution >= 0.6 is 11.6 Å². The molecule has 0 saturated carbocycles. The largest absolute Gasteiger partial charge is 0.459 e. The number of alkyl halides is 1. The molecule has 0 unspecified atom stereocenters. The highest BCUT2D eigenvalue weighted by Crippen LogP contribution is 2.13. The molecule has 0 saturated heterocycles. The Morgan fingerprint density at radius 1 is 1.59 bits per heavy atom. The monoisotopic (exact) mass is 259 g/mol. The van der Waals surface area contributed by atoms with Gasteiger partial charge >= 0.3 is 5.97 Å². The van der Waals surface area contributed by atoms with Crippen LogP contribution in [0, 0.1) is 10.1 Å². The first-order valence-electron chi connectivity index (χ1n) is 4.70. The van der Waals surface area contributed by atoms with Crippen molar-refractivity contribution >= 4 is 23.3 Å². The molecule has 92 valence electrons. The number of hydrogen-bond acceptors (Lipinski definition) is 5. The van der Waals surface area contributed by atoms with E-state index in [1.165, 1.54) is 18.2 Å². The number of hydrogen-bond donors (Lipinski definition) is 1. The SMILES string of the molecule is O=C(OC[C@H](O)CCl)c1cccc([N+](=O)[O-])c1. The lowest BCUT2D eigenvalue weighted by Gasteiger charge is -2.07. The van der Waals surface area contributed by atoms with Crippen LogP contribution in [0.4, 0.5) is 5.69 Å². The average molecular weight is 260 g/mol. The molecule has 1 N–H and O–H groups in total. The van der Waals surface area contributed by atoms with E-state index in [2.05, 4.69) is 0 Å². The fraction of sp³-hybridized carbons (Fsp3) is 0.300. The van der Waals surface area contributed by atoms with E-state index in [0.717, 1.165) is 6.07 Å². The van der Waals surface area contributed by atoms with Gasteiger partial charge in [-0.15, -0.1) is 11.6 Å². The second-order valence-corrected chi connectivity index (χ2v) is 3.52. The number of carbonyl (C=O) groups is 1. The van der Waals surface area contributed by atoms with Crippen LogP contribution in [-0.4, -0.2) is 34.6 Å². The van der Waals surface area contributed by atoms with Crippen LogP contribution in [0.25, 0.3) is 0 Å². The number of ether oxygens (including phenoxy) is 1. The highest BCUT2D eigenvalue weighted by Gasteiger charge is 2.13. The van der Waals surface area contributed by atoms with Crippen molar-refractivity contribution in [3.63, 3.8) is 0 Å². The smallest absolute Gasteiger partial charge is 0.338 e. The molecule has 0 aliphatic heterocycles. The van der Waals surface area contributed by atoms with Crippen molar-refractivity contribution in [3.05, 3.63) is 39.9 Å². The van der Waals surface area contributed by atoms with E-state index in [4.69, 9.17) is 21.4 Å². The van der Waals surface area contributed by atoms with E-state index >= 15 is 0 Å². The van der Waals surface area contributed by atoms with Crippen LogP contribution < -0.4 is 0 Å². The maximum Gasteiger partial charge on any atom is 0.338 e. The van der Waals surface area contributed by atoms with Gasteiger partial charge < -0.3 is 9.84 Å². The summed E-state index contributed by atoms with van der Waals surface area (Å²) < 4.78 is 4.72. The molecule has 0 aliphatic rings. The minimum Gasteiger partial charge on any atom is -0.459 e. The van der Waals surface area contributed by atoms with Crippen molar-refractivity contribution in [2.75, 3.05) is 12.5 Å². The zero-order valence-corrected chi connectivity index (χ0v) is 9.46. The van der Waals surface area contributed by atoms with Crippen LogP contribution in [0.1, 0.15) is 10.4 Å². The molecule has 1 rings (SSSR count). The summed E-state index contributed by atoms with van der Waals surface area (Å²) in [5.74, 6) is -0.791. The maximum atomic E-state index is 11.4. The number of non-ortho nitro benzene ring substituents is 1. The van der Waals surface area contributed by atoms with Crippen LogP contribution in [0.15, 0.2) is 24.3 Å². The number of nitro groups is 1. The second kappa shape index (κ2) is 6.17. The molecule has 1 atom stereocenters. The number of aliphatic hydroxyl groups is 1. The molecule has 0 amide bonds. The summed E-state index contributed by atoms with van der Waals surface area (Å²) in [5.41, 5.74) is -0.140. The van der Waals surface area contributed by atoms with Gasteiger partial charge in [0.1, 0.15) is 12.7 Å². The van der Waals surface area contributed by atoms with E-state index in [0.29, 0.717) is 0 Å². The summed E-state index contributed by atoms with van der Waals surface area (Å²) in [5, 5.41) is 19.6. The molecule has 0 spiro atoms. The zero-order chi connectivity index (χ0) is 12.8. The van der Waals surface area contributed by atoms with Crippen LogP contribution in [0.3, 0.4) is 0 Å². The zero-order valence-electron chi connectivity index (χ0n) is 8.71. The molecule has 1 aromatic rings. The van der Waals surface area contributed by atoms with Crippen molar-refractivity contribution in [3.8, 4) is 0 Å². The van der Waals surface area contributed by atoms with Gasteiger partial charge in [0.2, 0.25) is 0 Å². The third kappa shape index (κ3) is 4.01. The second-order valence-electron chi connectivity index (χ2n) is 3.21. The summed E-state index contributed by atoms with van der Waals surface area (Å²) in [7, 11) is 0. The third-order valence-corrected chi connectivity index (χ3v) is 2.23. The quantitative estimate of drug-likeness (QED) is 0.373. The molecule has 7 heteroatoms. The van der Waals surface area contributed by atoms with Gasteiger partial charge in [-0.25, -0.2) is 4.79 Å². The fourth-order valence-electron chi connectivity index (χ4n) is 1.05. The van der Waals surface area contributed by atoms with E-state index in [1.54, 1.807) is 0 Å². The Hall–Kier alpha value is -1.66. The summed E-state index contributed by atoms with van der Waals surface area (Å²) in [4.78, 5) is 21.3. The first kappa shape index (κ1) is 13.4. The van der Waals surface area contributed by atoms with Gasteiger partial charge in [0.05, 0.1) is 16.4 Å². The number of esters is 1. The summed E-state index contributed by atoms with van der Waals surface area (Å²) in [6.07, 6.45) is -0.945. The first-order valence-corrected chi connectivity index (χ1v) is 5.23. The van der Waals surface area contributed by atoms with Crippen molar-refractivity contribution < 1.29 is 19.6 Å². The van der Waals surface area contributed by atoms with Gasteiger partial charge in [0.15, 0.2) is 0 Å². The highest BCUT2D eigenvalue weighted by molar-refractivity contribution is 6.18. The average Bonchev–Trinajstić information content (AvgIpc) is 2.35. The van der Waals surface area contributed by atoms with E-state index in [9.17, 15) is 14.9 Å². The van der Waals surface area contributed by atoms with Gasteiger partial charge in [0.25, 0.3) is 5.69 Å². The number of halogens is 1. The van der Waals surface area contributed by atoms with Gasteiger partial charge in [0, 0.05) is 12.1 Å². The van der Waals surface area contributed by atoms with Crippen LogP contribution in [-0.2, 0) is 4.74 Å². The summed E-state index contributed by atoms with van der Waals surface area (Å²) in [6.45, 7) is -0.245. The first-order chi connectivity index (χ1) is 8.04. The molecule has 0 heterocycles. The van der Waals surface area contributed by atoms with E-state index in [-0.39, 0.29) is 23.7 Å². The lowest BCUT2D eigenvalue weighted by atomic mass is 10.2. The van der Waals surface area contributed by atoms with Crippen LogP contribution in [0.2, 0.25) is 0 Å². The molecule has 0 fully saturated rings. The molecular weight excluding hydrogens is 250 g/mol. The van der Waals surface area contributed by atoms with Gasteiger partial charge in [-0.1, -0.05) is 6.07 Å². The van der Waals surface area contributed by atoms with E-state index < -0.39 is 17.0 Å². The summed E-state index contributed by atoms with van der Waals surface area (Å²) in [6, 6.07) is 5.15. The Labute approximate surface area is 102 Å². The molecular formula is C10H10ClNO5. The Morgan fingerprint density at radius 3 is 2.88 bits per heavy atom. The number of carbonyl (C=O) groups excluding carboxylic acids is 1. The molecule has 0 aromatic heterocycles. The van der Waals surface area contributed by atoms with Crippen molar-refractivity contribution in [2.24, 2.45) is 0 Å². The van der Waals surface area contributed by atoms with Crippen LogP contribution in [0.5, 0.6) is 0 Å². The standard InChI is InChI=1S/C10H10ClNO5/c11-5-9(13)6-17-10(14)7-2-1-3-8(4-7)12(15)16/h1-4,9,13H,5-6H2/t9-/m1/s1. The molecule has 0 bridgehead atoms. The highest BCUT2D eigenvalue weighted by atomic mass is 35.5. The van der Waals surface area contributed by atoms with Crippen molar-refractivity contribution in [1.82, 2.24) is 0 Å². The Balaban J connectivity index is 2.69. The van der Waals surface area contributed by atoms with Crippen molar-refractivity contribution in [1.29, 1.82) is 0 Å². The van der Waals surface area contributed by atoms with Gasteiger partial charge in [-0.3, -0.25) is 10.1 Å². The van der Waals surface area contributed by atoms with E-state index in [1.807, 2.05) is 0 Å². The Bertz CT molecular complexity index is 423. The normalized spacial score (nSPS) is 11.9. The fourth-order valence-corrected chi connectivity index (χ4v) is 1.14. The molecule has 1 aromatic carbocycles. The number of rotatable bonds is 5. The predicted octanol–water partition coefficient (Wildman–Crippen LogP) is 1.35. The van der Waals surface area contributed by atoms with Crippen molar-refractivity contribution in [2.45, 2.75) is 6.10 Å². The lowest BCUT2D eigenvalue weighted by Crippen LogP contribution is -2.19. The minimum absolute atomic E-state index is 0.0534. The third-order valence-electron chi connectivity index (χ3n) is 1.88. The number of aliphatic hydroxyl groups excluding tert-OH is 1. The number of nitrogens with zero attached hydrogens (tertiary/aromatic N) is 1.